The van der Waals surface area contributed by atoms with Gasteiger partial charge in [-0.3, -0.25) is 10.0 Å². The SMILES string of the molecule is O=C(NO)C(O)C(O)C(O)C(O)/C=N/O. The topological polar surface area (TPSA) is 163 Å². The van der Waals surface area contributed by atoms with Crippen molar-refractivity contribution in [2.45, 2.75) is 24.4 Å². The van der Waals surface area contributed by atoms with Gasteiger partial charge in [-0.1, -0.05) is 5.16 Å². The van der Waals surface area contributed by atoms with Crippen LogP contribution in [0.3, 0.4) is 0 Å². The van der Waals surface area contributed by atoms with Crippen molar-refractivity contribution in [3.63, 3.8) is 0 Å². The van der Waals surface area contributed by atoms with Gasteiger partial charge in [0, 0.05) is 0 Å². The Labute approximate surface area is 83.8 Å². The Balaban J connectivity index is 4.42. The highest BCUT2D eigenvalue weighted by atomic mass is 16.5. The first kappa shape index (κ1) is 13.7. The van der Waals surface area contributed by atoms with Crippen LogP contribution in [0.5, 0.6) is 0 Å². The zero-order valence-electron chi connectivity index (χ0n) is 7.43. The Bertz CT molecular complexity index is 234. The van der Waals surface area contributed by atoms with Crippen molar-refractivity contribution in [2.24, 2.45) is 5.16 Å². The fourth-order valence-corrected chi connectivity index (χ4v) is 0.767. The van der Waals surface area contributed by atoms with Crippen LogP contribution >= 0.6 is 0 Å². The molecule has 0 aliphatic heterocycles. The Morgan fingerprint density at radius 2 is 1.73 bits per heavy atom. The molecule has 0 aliphatic rings. The second kappa shape index (κ2) is 6.27. The number of nitrogens with one attached hydrogen (secondary N) is 1. The number of hydrogen-bond donors (Lipinski definition) is 7. The first-order valence-corrected chi connectivity index (χ1v) is 3.79. The van der Waals surface area contributed by atoms with E-state index in [4.69, 9.17) is 30.8 Å². The van der Waals surface area contributed by atoms with Crippen LogP contribution in [0.4, 0.5) is 0 Å². The second-order valence-corrected chi connectivity index (χ2v) is 2.66. The first-order chi connectivity index (χ1) is 6.95. The molecule has 88 valence electrons. The molecule has 0 aliphatic carbocycles. The number of amides is 1. The zero-order valence-corrected chi connectivity index (χ0v) is 7.43. The molecule has 0 saturated carbocycles. The molecule has 0 spiro atoms. The molecule has 0 rings (SSSR count). The Morgan fingerprint density at radius 1 is 1.20 bits per heavy atom. The summed E-state index contributed by atoms with van der Waals surface area (Å²) >= 11 is 0. The predicted molar refractivity (Wildman–Crippen MR) is 44.2 cm³/mol. The minimum atomic E-state index is -2.13. The number of oxime groups is 1. The standard InChI is InChI=1S/C6H12N2O7/c9-2(1-7-14)3(10)4(11)5(12)6(13)8-15/h1-5,9-12,14-15H,(H,8,13)/b7-1+. The van der Waals surface area contributed by atoms with Crippen molar-refractivity contribution in [1.82, 2.24) is 5.48 Å². The van der Waals surface area contributed by atoms with Crippen LogP contribution in [0.25, 0.3) is 0 Å². The van der Waals surface area contributed by atoms with Crippen LogP contribution in [0.2, 0.25) is 0 Å². The largest absolute Gasteiger partial charge is 0.411 e. The summed E-state index contributed by atoms with van der Waals surface area (Å²) in [6, 6.07) is 0. The summed E-state index contributed by atoms with van der Waals surface area (Å²) in [4.78, 5) is 10.6. The maximum absolute atomic E-state index is 10.6. The summed E-state index contributed by atoms with van der Waals surface area (Å²) in [5.41, 5.74) is 1.05. The van der Waals surface area contributed by atoms with E-state index in [1.807, 2.05) is 0 Å². The molecular formula is C6H12N2O7. The van der Waals surface area contributed by atoms with Gasteiger partial charge >= 0.3 is 0 Å². The number of carbonyl (C=O) groups excluding carboxylic acids is 1. The summed E-state index contributed by atoms with van der Waals surface area (Å²) < 4.78 is 0. The van der Waals surface area contributed by atoms with Gasteiger partial charge in [0.1, 0.15) is 18.3 Å². The van der Waals surface area contributed by atoms with Crippen LogP contribution in [-0.2, 0) is 4.79 Å². The number of aliphatic hydroxyl groups excluding tert-OH is 4. The third kappa shape index (κ3) is 3.77. The van der Waals surface area contributed by atoms with Gasteiger partial charge in [-0.05, 0) is 0 Å². The van der Waals surface area contributed by atoms with Gasteiger partial charge in [-0.2, -0.15) is 0 Å². The van der Waals surface area contributed by atoms with E-state index in [0.717, 1.165) is 5.48 Å². The highest BCUT2D eigenvalue weighted by molar-refractivity contribution is 5.80. The predicted octanol–water partition coefficient (Wildman–Crippen LogP) is -3.60. The highest BCUT2D eigenvalue weighted by Gasteiger charge is 2.33. The lowest BCUT2D eigenvalue weighted by Gasteiger charge is -2.23. The summed E-state index contributed by atoms with van der Waals surface area (Å²) in [6.07, 6.45) is -7.42. The molecule has 4 atom stereocenters. The second-order valence-electron chi connectivity index (χ2n) is 2.66. The van der Waals surface area contributed by atoms with Crippen molar-refractivity contribution in [3.05, 3.63) is 0 Å². The van der Waals surface area contributed by atoms with E-state index >= 15 is 0 Å². The van der Waals surface area contributed by atoms with Crippen LogP contribution < -0.4 is 5.48 Å². The van der Waals surface area contributed by atoms with Crippen molar-refractivity contribution < 1.29 is 35.6 Å². The van der Waals surface area contributed by atoms with E-state index in [9.17, 15) is 4.79 Å². The van der Waals surface area contributed by atoms with Gasteiger partial charge in [0.25, 0.3) is 5.91 Å². The number of hydrogen-bond acceptors (Lipinski definition) is 8. The molecule has 4 unspecified atom stereocenters. The van der Waals surface area contributed by atoms with Gasteiger partial charge in [-0.15, -0.1) is 0 Å². The van der Waals surface area contributed by atoms with E-state index in [1.54, 1.807) is 0 Å². The number of nitrogens with zero attached hydrogens (tertiary/aromatic N) is 1. The lowest BCUT2D eigenvalue weighted by Crippen LogP contribution is -2.50. The van der Waals surface area contributed by atoms with Crippen LogP contribution in [-0.4, -0.2) is 67.4 Å². The Hall–Kier alpha value is -1.26. The normalized spacial score (nSPS) is 19.5. The Morgan fingerprint density at radius 3 is 2.13 bits per heavy atom. The zero-order chi connectivity index (χ0) is 12.0. The molecule has 0 heterocycles. The molecule has 9 heteroatoms. The molecule has 0 aromatic carbocycles. The highest BCUT2D eigenvalue weighted by Crippen LogP contribution is 2.04. The van der Waals surface area contributed by atoms with Crippen molar-refractivity contribution >= 4 is 12.1 Å². The quantitative estimate of drug-likeness (QED) is 0.110. The third-order valence-corrected chi connectivity index (χ3v) is 1.62. The molecule has 15 heavy (non-hydrogen) atoms. The molecule has 0 bridgehead atoms. The van der Waals surface area contributed by atoms with Gasteiger partial charge in [-0.25, -0.2) is 5.48 Å². The molecule has 0 saturated heterocycles. The maximum atomic E-state index is 10.6. The van der Waals surface area contributed by atoms with E-state index in [-0.39, 0.29) is 0 Å². The van der Waals surface area contributed by atoms with E-state index in [1.165, 1.54) is 0 Å². The molecule has 0 aromatic heterocycles. The fourth-order valence-electron chi connectivity index (χ4n) is 0.767. The van der Waals surface area contributed by atoms with Gasteiger partial charge in [0.15, 0.2) is 6.10 Å². The van der Waals surface area contributed by atoms with Gasteiger partial charge in [0.2, 0.25) is 0 Å². The summed E-state index contributed by atoms with van der Waals surface area (Å²) in [7, 11) is 0. The lowest BCUT2D eigenvalue weighted by atomic mass is 10.0. The monoisotopic (exact) mass is 224 g/mol. The van der Waals surface area contributed by atoms with Crippen molar-refractivity contribution in [1.29, 1.82) is 0 Å². The third-order valence-electron chi connectivity index (χ3n) is 1.62. The summed E-state index contributed by atoms with van der Waals surface area (Å²) in [5.74, 6) is -1.35. The lowest BCUT2D eigenvalue weighted by molar-refractivity contribution is -0.151. The van der Waals surface area contributed by atoms with Crippen molar-refractivity contribution in [3.8, 4) is 0 Å². The maximum Gasteiger partial charge on any atom is 0.274 e. The number of rotatable bonds is 5. The van der Waals surface area contributed by atoms with Crippen LogP contribution in [0.1, 0.15) is 0 Å². The van der Waals surface area contributed by atoms with Gasteiger partial charge < -0.3 is 25.6 Å². The number of carbonyl (C=O) groups is 1. The number of hydroxylamine groups is 1. The van der Waals surface area contributed by atoms with Gasteiger partial charge in [0.05, 0.1) is 6.21 Å². The minimum Gasteiger partial charge on any atom is -0.411 e. The molecule has 0 radical (unpaired) electrons. The Kier molecular flexibility index (Phi) is 5.74. The van der Waals surface area contributed by atoms with E-state index < -0.39 is 30.3 Å². The average Bonchev–Trinajstić information content (AvgIpc) is 2.25. The smallest absolute Gasteiger partial charge is 0.274 e. The average molecular weight is 224 g/mol. The minimum absolute atomic E-state index is 0.484. The van der Waals surface area contributed by atoms with Crippen LogP contribution in [0.15, 0.2) is 5.16 Å². The van der Waals surface area contributed by atoms with Crippen LogP contribution in [0, 0.1) is 0 Å². The molecular weight excluding hydrogens is 212 g/mol. The van der Waals surface area contributed by atoms with E-state index in [0.29, 0.717) is 6.21 Å². The molecule has 9 nitrogen and oxygen atoms in total. The summed E-state index contributed by atoms with van der Waals surface area (Å²) in [6.45, 7) is 0. The summed E-state index contributed by atoms with van der Waals surface area (Å²) in [5, 5.41) is 54.6. The molecule has 0 fully saturated rings. The molecule has 0 aromatic rings. The molecule has 1 amide bonds. The van der Waals surface area contributed by atoms with Crippen molar-refractivity contribution in [2.75, 3.05) is 0 Å². The molecule has 7 N–H and O–H groups in total. The van der Waals surface area contributed by atoms with E-state index in [2.05, 4.69) is 5.16 Å². The number of aliphatic hydroxyl groups is 4. The first-order valence-electron chi connectivity index (χ1n) is 3.79. The fraction of sp³-hybridized carbons (Fsp3) is 0.667.